The Hall–Kier alpha value is -4.05. The molecule has 4 rings (SSSR count). The molecule has 0 radical (unpaired) electrons. The van der Waals surface area contributed by atoms with Gasteiger partial charge >= 0.3 is 0 Å². The van der Waals surface area contributed by atoms with Crippen LogP contribution in [0.2, 0.25) is 0 Å². The summed E-state index contributed by atoms with van der Waals surface area (Å²) >= 11 is 0. The fourth-order valence-electron chi connectivity index (χ4n) is 3.73. The normalized spacial score (nSPS) is 11.0. The lowest BCUT2D eigenvalue weighted by atomic mass is 10.1. The number of methoxy groups -OCH3 is 1. The molecule has 0 saturated heterocycles. The standard InChI is InChI=1S/C24H26N6O4/c1-16-21(28-34-27-16)13-29(2)24(32)19-11-18(26-22(31)14-33-3)12-20-23(19)30(15-25-20)10-9-17-7-5-4-6-8-17/h4-8,11-12,15H,9-10,13-14H2,1-3H3,(H,26,31). The maximum absolute atomic E-state index is 13.6. The Morgan fingerprint density at radius 2 is 1.97 bits per heavy atom. The largest absolute Gasteiger partial charge is 0.375 e. The fraction of sp³-hybridized carbons (Fsp3) is 0.292. The minimum absolute atomic E-state index is 0.0921. The van der Waals surface area contributed by atoms with Crippen LogP contribution in [0.3, 0.4) is 0 Å². The average molecular weight is 463 g/mol. The molecule has 0 saturated carbocycles. The maximum Gasteiger partial charge on any atom is 0.256 e. The molecule has 34 heavy (non-hydrogen) atoms. The van der Waals surface area contributed by atoms with Gasteiger partial charge in [-0.2, -0.15) is 0 Å². The number of amides is 2. The number of hydrogen-bond donors (Lipinski definition) is 1. The molecule has 0 aliphatic heterocycles. The third-order valence-electron chi connectivity index (χ3n) is 5.47. The van der Waals surface area contributed by atoms with Crippen molar-refractivity contribution in [3.05, 3.63) is 71.3 Å². The summed E-state index contributed by atoms with van der Waals surface area (Å²) in [5.41, 5.74) is 4.59. The first-order valence-corrected chi connectivity index (χ1v) is 10.8. The average Bonchev–Trinajstić information content (AvgIpc) is 3.43. The highest BCUT2D eigenvalue weighted by Crippen LogP contribution is 2.26. The van der Waals surface area contributed by atoms with Gasteiger partial charge < -0.3 is 19.5 Å². The van der Waals surface area contributed by atoms with Crippen LogP contribution in [0, 0.1) is 6.92 Å². The summed E-state index contributed by atoms with van der Waals surface area (Å²) in [6.07, 6.45) is 2.50. The second kappa shape index (κ2) is 10.3. The molecule has 0 fully saturated rings. The zero-order valence-electron chi connectivity index (χ0n) is 19.3. The number of anilines is 1. The molecule has 0 bridgehead atoms. The second-order valence-corrected chi connectivity index (χ2v) is 8.00. The van der Waals surface area contributed by atoms with Gasteiger partial charge in [-0.15, -0.1) is 0 Å². The van der Waals surface area contributed by atoms with E-state index < -0.39 is 0 Å². The van der Waals surface area contributed by atoms with E-state index in [1.807, 2.05) is 22.8 Å². The molecule has 2 amide bonds. The quantitative estimate of drug-likeness (QED) is 0.407. The van der Waals surface area contributed by atoms with Crippen molar-refractivity contribution in [2.24, 2.45) is 0 Å². The van der Waals surface area contributed by atoms with Crippen LogP contribution in [-0.4, -0.2) is 57.3 Å². The van der Waals surface area contributed by atoms with Crippen LogP contribution >= 0.6 is 0 Å². The monoisotopic (exact) mass is 462 g/mol. The molecule has 10 nitrogen and oxygen atoms in total. The molecule has 1 N–H and O–H groups in total. The smallest absolute Gasteiger partial charge is 0.256 e. The summed E-state index contributed by atoms with van der Waals surface area (Å²) in [7, 11) is 3.13. The van der Waals surface area contributed by atoms with Crippen LogP contribution in [0.4, 0.5) is 5.69 Å². The molecule has 0 atom stereocenters. The Morgan fingerprint density at radius 1 is 1.18 bits per heavy atom. The number of carbonyl (C=O) groups is 2. The Bertz CT molecular complexity index is 1300. The molecular formula is C24H26N6O4. The van der Waals surface area contributed by atoms with Crippen LogP contribution < -0.4 is 5.32 Å². The van der Waals surface area contributed by atoms with Crippen molar-refractivity contribution in [1.82, 2.24) is 24.8 Å². The lowest BCUT2D eigenvalue weighted by Crippen LogP contribution is -2.27. The predicted octanol–water partition coefficient (Wildman–Crippen LogP) is 2.83. The molecular weight excluding hydrogens is 436 g/mol. The van der Waals surface area contributed by atoms with E-state index in [0.29, 0.717) is 40.2 Å². The van der Waals surface area contributed by atoms with Gasteiger partial charge in [0, 0.05) is 26.4 Å². The fourth-order valence-corrected chi connectivity index (χ4v) is 3.73. The van der Waals surface area contributed by atoms with Gasteiger partial charge in [0.15, 0.2) is 0 Å². The van der Waals surface area contributed by atoms with E-state index in [2.05, 4.69) is 32.7 Å². The number of fused-ring (bicyclic) bond motifs is 1. The Kier molecular flexibility index (Phi) is 6.98. The highest BCUT2D eigenvalue weighted by atomic mass is 16.6. The van der Waals surface area contributed by atoms with Crippen LogP contribution in [0.25, 0.3) is 11.0 Å². The van der Waals surface area contributed by atoms with Gasteiger partial charge in [0.05, 0.1) is 29.5 Å². The molecule has 0 aliphatic rings. The van der Waals surface area contributed by atoms with Crippen molar-refractivity contribution in [1.29, 1.82) is 0 Å². The summed E-state index contributed by atoms with van der Waals surface area (Å²) in [5.74, 6) is -0.557. The summed E-state index contributed by atoms with van der Waals surface area (Å²) in [5, 5.41) is 10.4. The first-order valence-electron chi connectivity index (χ1n) is 10.8. The van der Waals surface area contributed by atoms with Crippen molar-refractivity contribution in [2.45, 2.75) is 26.4 Å². The molecule has 4 aromatic rings. The first-order chi connectivity index (χ1) is 16.5. The van der Waals surface area contributed by atoms with Crippen molar-refractivity contribution in [3.8, 4) is 0 Å². The van der Waals surface area contributed by atoms with Gasteiger partial charge in [0.25, 0.3) is 5.91 Å². The van der Waals surface area contributed by atoms with Gasteiger partial charge in [-0.05, 0) is 31.0 Å². The molecule has 2 aromatic carbocycles. The van der Waals surface area contributed by atoms with Crippen LogP contribution in [0.15, 0.2) is 53.4 Å². The van der Waals surface area contributed by atoms with E-state index in [4.69, 9.17) is 9.37 Å². The number of aromatic nitrogens is 4. The van der Waals surface area contributed by atoms with Gasteiger partial charge in [-0.1, -0.05) is 40.6 Å². The van der Waals surface area contributed by atoms with E-state index >= 15 is 0 Å². The van der Waals surface area contributed by atoms with Crippen molar-refractivity contribution in [2.75, 3.05) is 26.1 Å². The molecule has 10 heteroatoms. The zero-order chi connectivity index (χ0) is 24.1. The van der Waals surface area contributed by atoms with Crippen LogP contribution in [0.5, 0.6) is 0 Å². The van der Waals surface area contributed by atoms with E-state index in [1.165, 1.54) is 17.6 Å². The molecule has 0 spiro atoms. The molecule has 2 aromatic heterocycles. The molecule has 2 heterocycles. The highest BCUT2D eigenvalue weighted by molar-refractivity contribution is 6.07. The summed E-state index contributed by atoms with van der Waals surface area (Å²) in [4.78, 5) is 31.7. The number of nitrogens with one attached hydrogen (secondary N) is 1. The number of benzene rings is 2. The van der Waals surface area contributed by atoms with Gasteiger partial charge in [0.2, 0.25) is 5.91 Å². The second-order valence-electron chi connectivity index (χ2n) is 8.00. The predicted molar refractivity (Wildman–Crippen MR) is 125 cm³/mol. The van der Waals surface area contributed by atoms with Crippen molar-refractivity contribution in [3.63, 3.8) is 0 Å². The highest BCUT2D eigenvalue weighted by Gasteiger charge is 2.22. The number of nitrogens with zero attached hydrogens (tertiary/aromatic N) is 5. The van der Waals surface area contributed by atoms with Gasteiger partial charge in [-0.3, -0.25) is 9.59 Å². The third kappa shape index (κ3) is 5.12. The lowest BCUT2D eigenvalue weighted by Gasteiger charge is -2.18. The first kappa shape index (κ1) is 23.1. The number of ether oxygens (including phenoxy) is 1. The van der Waals surface area contributed by atoms with Gasteiger partial charge in [-0.25, -0.2) is 9.61 Å². The number of hydrogen-bond acceptors (Lipinski definition) is 7. The Morgan fingerprint density at radius 3 is 2.68 bits per heavy atom. The van der Waals surface area contributed by atoms with E-state index in [-0.39, 0.29) is 25.0 Å². The number of imidazole rings is 1. The summed E-state index contributed by atoms with van der Waals surface area (Å²) in [6, 6.07) is 13.5. The lowest BCUT2D eigenvalue weighted by molar-refractivity contribution is -0.119. The SMILES string of the molecule is COCC(=O)Nc1cc(C(=O)N(C)Cc2nonc2C)c2c(c1)ncn2CCc1ccccc1. The van der Waals surface area contributed by atoms with E-state index in [1.54, 1.807) is 32.4 Å². The maximum atomic E-state index is 13.6. The van der Waals surface area contributed by atoms with E-state index in [9.17, 15) is 9.59 Å². The van der Waals surface area contributed by atoms with Gasteiger partial charge in [0.1, 0.15) is 18.0 Å². The number of aryl methyl sites for hydroxylation is 3. The minimum Gasteiger partial charge on any atom is -0.375 e. The summed E-state index contributed by atoms with van der Waals surface area (Å²) < 4.78 is 11.6. The number of carbonyl (C=O) groups excluding carboxylic acids is 2. The van der Waals surface area contributed by atoms with Crippen LogP contribution in [0.1, 0.15) is 27.3 Å². The topological polar surface area (TPSA) is 115 Å². The summed E-state index contributed by atoms with van der Waals surface area (Å²) in [6.45, 7) is 2.55. The minimum atomic E-state index is -0.318. The third-order valence-corrected chi connectivity index (χ3v) is 5.47. The number of rotatable bonds is 9. The molecule has 0 aliphatic carbocycles. The van der Waals surface area contributed by atoms with Crippen molar-refractivity contribution >= 4 is 28.5 Å². The van der Waals surface area contributed by atoms with Crippen molar-refractivity contribution < 1.29 is 19.0 Å². The molecule has 0 unspecified atom stereocenters. The molecule has 176 valence electrons. The Balaban J connectivity index is 1.69. The van der Waals surface area contributed by atoms with Crippen LogP contribution in [-0.2, 0) is 29.0 Å². The zero-order valence-corrected chi connectivity index (χ0v) is 19.3. The van der Waals surface area contributed by atoms with E-state index in [0.717, 1.165) is 6.42 Å². The Labute approximate surface area is 196 Å².